The summed E-state index contributed by atoms with van der Waals surface area (Å²) in [5.74, 6) is 0.150. The normalized spacial score (nSPS) is 18.1. The quantitative estimate of drug-likeness (QED) is 0.801. The molecule has 1 unspecified atom stereocenters. The lowest BCUT2D eigenvalue weighted by Gasteiger charge is -2.23. The fourth-order valence-corrected chi connectivity index (χ4v) is 3.25. The Morgan fingerprint density at radius 2 is 2.25 bits per heavy atom. The van der Waals surface area contributed by atoms with E-state index in [-0.39, 0.29) is 12.1 Å². The second-order valence-electron chi connectivity index (χ2n) is 6.09. The number of hydrogen-bond donors (Lipinski definition) is 1. The molecule has 124 valence electrons. The van der Waals surface area contributed by atoms with Crippen LogP contribution in [0.25, 0.3) is 28.1 Å². The Bertz CT molecular complexity index is 903. The van der Waals surface area contributed by atoms with Gasteiger partial charge < -0.3 is 9.84 Å². The van der Waals surface area contributed by atoms with Gasteiger partial charge in [-0.1, -0.05) is 12.6 Å². The van der Waals surface area contributed by atoms with Crippen LogP contribution in [0.2, 0.25) is 0 Å². The maximum Gasteiger partial charge on any atom is 0.217 e. The second kappa shape index (κ2) is 5.79. The van der Waals surface area contributed by atoms with E-state index >= 15 is 0 Å². The summed E-state index contributed by atoms with van der Waals surface area (Å²) < 4.78 is 9.29. The first-order chi connectivity index (χ1) is 11.7. The van der Waals surface area contributed by atoms with Gasteiger partial charge in [0.05, 0.1) is 23.0 Å². The molecule has 1 fully saturated rings. The van der Waals surface area contributed by atoms with E-state index in [2.05, 4.69) is 16.8 Å². The van der Waals surface area contributed by atoms with Crippen LogP contribution >= 0.6 is 0 Å². The van der Waals surface area contributed by atoms with Gasteiger partial charge in [-0.15, -0.1) is 0 Å². The molecule has 6 nitrogen and oxygen atoms in total. The van der Waals surface area contributed by atoms with Gasteiger partial charge in [-0.3, -0.25) is 0 Å². The number of ether oxygens (including phenoxy) is 1. The third kappa shape index (κ3) is 2.30. The molecule has 3 heterocycles. The van der Waals surface area contributed by atoms with E-state index in [1.54, 1.807) is 19.3 Å². The van der Waals surface area contributed by atoms with Crippen molar-refractivity contribution in [2.45, 2.75) is 25.5 Å². The third-order valence-electron chi connectivity index (χ3n) is 4.58. The first kappa shape index (κ1) is 15.0. The first-order valence-corrected chi connectivity index (χ1v) is 8.16. The van der Waals surface area contributed by atoms with Gasteiger partial charge in [0.2, 0.25) is 5.88 Å². The van der Waals surface area contributed by atoms with Crippen LogP contribution in [0.15, 0.2) is 31.0 Å². The Kier molecular flexibility index (Phi) is 3.61. The van der Waals surface area contributed by atoms with Crippen LogP contribution in [0, 0.1) is 0 Å². The highest BCUT2D eigenvalue weighted by Crippen LogP contribution is 2.34. The predicted octanol–water partition coefficient (Wildman–Crippen LogP) is 3.48. The Balaban J connectivity index is 1.84. The zero-order valence-electron chi connectivity index (χ0n) is 13.6. The van der Waals surface area contributed by atoms with Crippen molar-refractivity contribution in [3.8, 4) is 17.0 Å². The van der Waals surface area contributed by atoms with Gasteiger partial charge in [0.1, 0.15) is 0 Å². The fourth-order valence-electron chi connectivity index (χ4n) is 3.25. The summed E-state index contributed by atoms with van der Waals surface area (Å²) in [6, 6.07) is 6.03. The van der Waals surface area contributed by atoms with Crippen LogP contribution in [0.4, 0.5) is 0 Å². The molecule has 24 heavy (non-hydrogen) atoms. The van der Waals surface area contributed by atoms with Gasteiger partial charge in [0.15, 0.2) is 6.23 Å². The molecule has 1 N–H and O–H groups in total. The molecule has 0 amide bonds. The highest BCUT2D eigenvalue weighted by Gasteiger charge is 2.21. The van der Waals surface area contributed by atoms with Crippen molar-refractivity contribution in [2.75, 3.05) is 6.61 Å². The van der Waals surface area contributed by atoms with Crippen molar-refractivity contribution < 1.29 is 9.84 Å². The summed E-state index contributed by atoms with van der Waals surface area (Å²) in [5, 5.41) is 19.9. The first-order valence-electron chi connectivity index (χ1n) is 8.16. The molecule has 1 aliphatic heterocycles. The van der Waals surface area contributed by atoms with Crippen molar-refractivity contribution in [1.82, 2.24) is 19.6 Å². The van der Waals surface area contributed by atoms with Gasteiger partial charge in [-0.2, -0.15) is 10.2 Å². The molecule has 2 aromatic heterocycles. The van der Waals surface area contributed by atoms with E-state index in [9.17, 15) is 5.11 Å². The zero-order valence-corrected chi connectivity index (χ0v) is 13.6. The van der Waals surface area contributed by atoms with E-state index < -0.39 is 0 Å². The molecule has 0 saturated carbocycles. The average Bonchev–Trinajstić information content (AvgIpc) is 3.16. The lowest BCUT2D eigenvalue weighted by atomic mass is 10.1. The molecule has 0 radical (unpaired) electrons. The van der Waals surface area contributed by atoms with Crippen LogP contribution in [0.1, 0.15) is 31.2 Å². The van der Waals surface area contributed by atoms with E-state index in [0.29, 0.717) is 5.56 Å². The monoisotopic (exact) mass is 324 g/mol. The molecular formula is C18H20N4O2. The number of rotatable bonds is 3. The van der Waals surface area contributed by atoms with Crippen molar-refractivity contribution in [3.05, 3.63) is 36.7 Å². The molecule has 1 atom stereocenters. The maximum atomic E-state index is 10.1. The minimum absolute atomic E-state index is 0.0207. The number of aryl methyl sites for hydroxylation is 1. The Hall–Kier alpha value is -2.60. The van der Waals surface area contributed by atoms with Gasteiger partial charge in [0, 0.05) is 19.0 Å². The number of benzene rings is 1. The fraction of sp³-hybridized carbons (Fsp3) is 0.333. The van der Waals surface area contributed by atoms with Crippen molar-refractivity contribution in [3.63, 3.8) is 0 Å². The SMILES string of the molecule is C=Cc1nn(C2CCCCO2)c2ccc(-c3cnn(C)c3O)cc12. The van der Waals surface area contributed by atoms with Crippen LogP contribution in [0.3, 0.4) is 0 Å². The number of nitrogens with zero attached hydrogens (tertiary/aromatic N) is 4. The number of aromatic nitrogens is 4. The molecule has 1 aliphatic rings. The summed E-state index contributed by atoms with van der Waals surface area (Å²) in [6.07, 6.45) is 6.63. The van der Waals surface area contributed by atoms with E-state index in [4.69, 9.17) is 4.74 Å². The molecule has 0 spiro atoms. The smallest absolute Gasteiger partial charge is 0.217 e. The lowest BCUT2D eigenvalue weighted by Crippen LogP contribution is -2.19. The molecule has 1 aromatic carbocycles. The standard InChI is InChI=1S/C18H20N4O2/c1-3-15-13-10-12(14-11-19-21(2)18(14)23)7-8-16(13)22(20-15)17-6-4-5-9-24-17/h3,7-8,10-11,17,23H,1,4-6,9H2,2H3. The highest BCUT2D eigenvalue weighted by molar-refractivity contribution is 5.91. The van der Waals surface area contributed by atoms with Crippen LogP contribution in [0.5, 0.6) is 5.88 Å². The number of fused-ring (bicyclic) bond motifs is 1. The summed E-state index contributed by atoms with van der Waals surface area (Å²) in [5.41, 5.74) is 3.45. The summed E-state index contributed by atoms with van der Waals surface area (Å²) in [6.45, 7) is 4.66. The Morgan fingerprint density at radius 3 is 2.92 bits per heavy atom. The molecule has 0 bridgehead atoms. The lowest BCUT2D eigenvalue weighted by molar-refractivity contribution is -0.0367. The minimum Gasteiger partial charge on any atom is -0.493 e. The summed E-state index contributed by atoms with van der Waals surface area (Å²) >= 11 is 0. The summed E-state index contributed by atoms with van der Waals surface area (Å²) in [4.78, 5) is 0. The largest absolute Gasteiger partial charge is 0.493 e. The highest BCUT2D eigenvalue weighted by atomic mass is 16.5. The molecule has 6 heteroatoms. The minimum atomic E-state index is -0.0207. The molecule has 1 saturated heterocycles. The molecule has 3 aromatic rings. The Labute approximate surface area is 140 Å². The second-order valence-corrected chi connectivity index (χ2v) is 6.09. The third-order valence-corrected chi connectivity index (χ3v) is 4.58. The maximum absolute atomic E-state index is 10.1. The number of aromatic hydroxyl groups is 1. The predicted molar refractivity (Wildman–Crippen MR) is 92.5 cm³/mol. The van der Waals surface area contributed by atoms with Gasteiger partial charge in [-0.05, 0) is 43.0 Å². The summed E-state index contributed by atoms with van der Waals surface area (Å²) in [7, 11) is 1.71. The molecule has 0 aliphatic carbocycles. The van der Waals surface area contributed by atoms with E-state index in [0.717, 1.165) is 48.0 Å². The topological polar surface area (TPSA) is 65.1 Å². The van der Waals surface area contributed by atoms with Gasteiger partial charge in [0.25, 0.3) is 0 Å². The van der Waals surface area contributed by atoms with E-state index in [1.165, 1.54) is 4.68 Å². The zero-order chi connectivity index (χ0) is 16.7. The average molecular weight is 324 g/mol. The van der Waals surface area contributed by atoms with Crippen molar-refractivity contribution >= 4 is 17.0 Å². The van der Waals surface area contributed by atoms with E-state index in [1.807, 2.05) is 22.9 Å². The van der Waals surface area contributed by atoms with Crippen molar-refractivity contribution in [1.29, 1.82) is 0 Å². The Morgan fingerprint density at radius 1 is 1.38 bits per heavy atom. The molecular weight excluding hydrogens is 304 g/mol. The van der Waals surface area contributed by atoms with Crippen LogP contribution in [-0.4, -0.2) is 31.3 Å². The van der Waals surface area contributed by atoms with Crippen molar-refractivity contribution in [2.24, 2.45) is 7.05 Å². The van der Waals surface area contributed by atoms with Gasteiger partial charge >= 0.3 is 0 Å². The van der Waals surface area contributed by atoms with Crippen LogP contribution < -0.4 is 0 Å². The van der Waals surface area contributed by atoms with Crippen LogP contribution in [-0.2, 0) is 11.8 Å². The van der Waals surface area contributed by atoms with Gasteiger partial charge in [-0.25, -0.2) is 9.36 Å². The number of hydrogen-bond acceptors (Lipinski definition) is 4. The molecule has 4 rings (SSSR count).